The van der Waals surface area contributed by atoms with Crippen LogP contribution in [0, 0.1) is 5.82 Å². The van der Waals surface area contributed by atoms with Crippen molar-refractivity contribution in [1.82, 2.24) is 19.1 Å². The Hall–Kier alpha value is -2.70. The Kier molecular flexibility index (Phi) is 3.17. The van der Waals surface area contributed by atoms with E-state index in [1.165, 1.54) is 29.2 Å². The molecule has 0 atom stereocenters. The van der Waals surface area contributed by atoms with Crippen LogP contribution in [0.1, 0.15) is 12.7 Å². The molecular formula is C14H14FN5O. The summed E-state index contributed by atoms with van der Waals surface area (Å²) >= 11 is 0. The van der Waals surface area contributed by atoms with Crippen molar-refractivity contribution in [3.8, 4) is 0 Å². The molecule has 2 N–H and O–H groups in total. The summed E-state index contributed by atoms with van der Waals surface area (Å²) < 4.78 is 16.6. The molecule has 1 aromatic carbocycles. The zero-order chi connectivity index (χ0) is 15.0. The lowest BCUT2D eigenvalue weighted by Crippen LogP contribution is -2.24. The summed E-state index contributed by atoms with van der Waals surface area (Å²) in [5.41, 5.74) is 6.74. The van der Waals surface area contributed by atoms with Crippen molar-refractivity contribution >= 4 is 16.7 Å². The third kappa shape index (κ3) is 2.26. The van der Waals surface area contributed by atoms with Gasteiger partial charge in [0, 0.05) is 12.6 Å². The number of nitrogens with two attached hydrogens (primary N) is 1. The van der Waals surface area contributed by atoms with Gasteiger partial charge in [0.15, 0.2) is 0 Å². The summed E-state index contributed by atoms with van der Waals surface area (Å²) in [5, 5.41) is 0. The van der Waals surface area contributed by atoms with Crippen LogP contribution >= 0.6 is 0 Å². The summed E-state index contributed by atoms with van der Waals surface area (Å²) in [7, 11) is 0. The zero-order valence-corrected chi connectivity index (χ0v) is 11.5. The summed E-state index contributed by atoms with van der Waals surface area (Å²) in [6, 6.07) is 4.46. The maximum Gasteiger partial charge on any atom is 0.276 e. The lowest BCUT2D eigenvalue weighted by molar-refractivity contribution is 0.629. The van der Waals surface area contributed by atoms with Gasteiger partial charge in [-0.15, -0.1) is 0 Å². The van der Waals surface area contributed by atoms with Crippen molar-refractivity contribution in [3.05, 3.63) is 52.7 Å². The molecule has 0 saturated carbocycles. The van der Waals surface area contributed by atoms with Gasteiger partial charge in [0.05, 0.1) is 30.1 Å². The Labute approximate surface area is 119 Å². The lowest BCUT2D eigenvalue weighted by atomic mass is 10.3. The predicted octanol–water partition coefficient (Wildman–Crippen LogP) is 1.38. The van der Waals surface area contributed by atoms with E-state index in [-0.39, 0.29) is 23.6 Å². The van der Waals surface area contributed by atoms with Gasteiger partial charge in [0.25, 0.3) is 5.56 Å². The molecule has 0 amide bonds. The minimum atomic E-state index is -0.336. The van der Waals surface area contributed by atoms with Crippen LogP contribution in [-0.4, -0.2) is 19.1 Å². The van der Waals surface area contributed by atoms with Gasteiger partial charge in [-0.25, -0.2) is 14.4 Å². The van der Waals surface area contributed by atoms with E-state index in [0.29, 0.717) is 17.9 Å². The monoisotopic (exact) mass is 287 g/mol. The molecule has 6 nitrogen and oxygen atoms in total. The second-order valence-electron chi connectivity index (χ2n) is 4.69. The van der Waals surface area contributed by atoms with Crippen LogP contribution in [0.4, 0.5) is 10.1 Å². The van der Waals surface area contributed by atoms with Crippen molar-refractivity contribution in [3.63, 3.8) is 0 Å². The topological polar surface area (TPSA) is 78.7 Å². The number of nitrogen functional groups attached to an aromatic ring is 1. The fourth-order valence-corrected chi connectivity index (χ4v) is 2.36. The van der Waals surface area contributed by atoms with Gasteiger partial charge in [0.1, 0.15) is 17.3 Å². The lowest BCUT2D eigenvalue weighted by Gasteiger charge is -2.08. The van der Waals surface area contributed by atoms with Gasteiger partial charge in [-0.2, -0.15) is 0 Å². The maximum atomic E-state index is 13.3. The molecule has 0 radical (unpaired) electrons. The highest BCUT2D eigenvalue weighted by molar-refractivity contribution is 5.76. The molecule has 3 rings (SSSR count). The fraction of sp³-hybridized carbons (Fsp3) is 0.214. The average Bonchev–Trinajstić information content (AvgIpc) is 2.80. The molecule has 2 heterocycles. The van der Waals surface area contributed by atoms with E-state index in [2.05, 4.69) is 9.97 Å². The number of aryl methyl sites for hydroxylation is 1. The first-order chi connectivity index (χ1) is 10.1. The number of aromatic nitrogens is 4. The highest BCUT2D eigenvalue weighted by atomic mass is 19.1. The van der Waals surface area contributed by atoms with E-state index in [1.54, 1.807) is 6.07 Å². The van der Waals surface area contributed by atoms with Crippen LogP contribution in [-0.2, 0) is 13.1 Å². The Bertz CT molecular complexity index is 867. The first-order valence-electron chi connectivity index (χ1n) is 6.54. The number of fused-ring (bicyclic) bond motifs is 1. The van der Waals surface area contributed by atoms with Crippen molar-refractivity contribution in [2.75, 3.05) is 5.73 Å². The van der Waals surface area contributed by atoms with Crippen LogP contribution in [0.15, 0.2) is 35.5 Å². The van der Waals surface area contributed by atoms with E-state index >= 15 is 0 Å². The number of nitrogens with zero attached hydrogens (tertiary/aromatic N) is 4. The van der Waals surface area contributed by atoms with Gasteiger partial charge in [-0.05, 0) is 19.1 Å². The number of imidazole rings is 1. The zero-order valence-electron chi connectivity index (χ0n) is 11.5. The number of hydrogen-bond donors (Lipinski definition) is 1. The average molecular weight is 287 g/mol. The molecule has 0 unspecified atom stereocenters. The minimum Gasteiger partial charge on any atom is -0.393 e. The molecule has 7 heteroatoms. The van der Waals surface area contributed by atoms with Crippen molar-refractivity contribution < 1.29 is 4.39 Å². The number of rotatable bonds is 3. The van der Waals surface area contributed by atoms with E-state index in [0.717, 1.165) is 5.52 Å². The molecule has 108 valence electrons. The first-order valence-corrected chi connectivity index (χ1v) is 6.54. The third-order valence-electron chi connectivity index (χ3n) is 3.34. The Morgan fingerprint density at radius 2 is 2.19 bits per heavy atom. The molecule has 0 saturated heterocycles. The van der Waals surface area contributed by atoms with Gasteiger partial charge in [-0.1, -0.05) is 0 Å². The molecule has 3 aromatic rings. The second-order valence-corrected chi connectivity index (χ2v) is 4.69. The molecular weight excluding hydrogens is 273 g/mol. The Morgan fingerprint density at radius 3 is 2.95 bits per heavy atom. The van der Waals surface area contributed by atoms with E-state index < -0.39 is 0 Å². The molecule has 0 aliphatic heterocycles. The van der Waals surface area contributed by atoms with Crippen molar-refractivity contribution in [1.29, 1.82) is 0 Å². The Morgan fingerprint density at radius 1 is 1.38 bits per heavy atom. The molecule has 2 aromatic heterocycles. The van der Waals surface area contributed by atoms with Crippen LogP contribution in [0.5, 0.6) is 0 Å². The van der Waals surface area contributed by atoms with E-state index in [4.69, 9.17) is 5.73 Å². The summed E-state index contributed by atoms with van der Waals surface area (Å²) in [6.45, 7) is 2.87. The van der Waals surface area contributed by atoms with Crippen molar-refractivity contribution in [2.45, 2.75) is 20.0 Å². The molecule has 0 bridgehead atoms. The van der Waals surface area contributed by atoms with Crippen LogP contribution < -0.4 is 11.3 Å². The molecule has 21 heavy (non-hydrogen) atoms. The standard InChI is InChI=1S/C14H14FN5O/c1-2-20-12-4-3-9(15)5-11(12)18-13(20)7-19-8-17-6-10(16)14(19)21/h3-6,8H,2,7,16H2,1H3. The van der Waals surface area contributed by atoms with Gasteiger partial charge < -0.3 is 10.3 Å². The number of halogens is 1. The number of benzene rings is 1. The first kappa shape index (κ1) is 13.3. The predicted molar refractivity (Wildman–Crippen MR) is 77.4 cm³/mol. The maximum absolute atomic E-state index is 13.3. The van der Waals surface area contributed by atoms with Crippen LogP contribution in [0.3, 0.4) is 0 Å². The summed E-state index contributed by atoms with van der Waals surface area (Å²) in [4.78, 5) is 20.3. The minimum absolute atomic E-state index is 0.0858. The van der Waals surface area contributed by atoms with E-state index in [1.807, 2.05) is 11.5 Å². The summed E-state index contributed by atoms with van der Waals surface area (Å²) in [5.74, 6) is 0.324. The molecule has 0 fully saturated rings. The third-order valence-corrected chi connectivity index (χ3v) is 3.34. The molecule has 0 aliphatic rings. The van der Waals surface area contributed by atoms with Gasteiger partial charge in [-0.3, -0.25) is 9.36 Å². The summed E-state index contributed by atoms with van der Waals surface area (Å²) in [6.07, 6.45) is 2.73. The second kappa shape index (κ2) is 5.01. The molecule has 0 aliphatic carbocycles. The van der Waals surface area contributed by atoms with Crippen LogP contribution in [0.25, 0.3) is 11.0 Å². The van der Waals surface area contributed by atoms with E-state index in [9.17, 15) is 9.18 Å². The van der Waals surface area contributed by atoms with Gasteiger partial charge in [0.2, 0.25) is 0 Å². The smallest absolute Gasteiger partial charge is 0.276 e. The SMILES string of the molecule is CCn1c(Cn2cncc(N)c2=O)nc2cc(F)ccc21. The van der Waals surface area contributed by atoms with Crippen molar-refractivity contribution in [2.24, 2.45) is 0 Å². The van der Waals surface area contributed by atoms with Gasteiger partial charge >= 0.3 is 0 Å². The normalized spacial score (nSPS) is 11.1. The highest BCUT2D eigenvalue weighted by Gasteiger charge is 2.12. The molecule has 0 spiro atoms. The number of anilines is 1. The van der Waals surface area contributed by atoms with Crippen LogP contribution in [0.2, 0.25) is 0 Å². The number of hydrogen-bond acceptors (Lipinski definition) is 4. The quantitative estimate of drug-likeness (QED) is 0.789. The highest BCUT2D eigenvalue weighted by Crippen LogP contribution is 2.18. The Balaban J connectivity index is 2.12. The fourth-order valence-electron chi connectivity index (χ4n) is 2.36. The largest absolute Gasteiger partial charge is 0.393 e.